The fourth-order valence-electron chi connectivity index (χ4n) is 4.88. The number of carbonyl (C=O) groups excluding carboxylic acids is 5. The topological polar surface area (TPSA) is 199 Å². The maximum atomic E-state index is 14.0. The van der Waals surface area contributed by atoms with E-state index < -0.39 is 58.7 Å². The highest BCUT2D eigenvalue weighted by Crippen LogP contribution is 2.41. The van der Waals surface area contributed by atoms with Crippen LogP contribution in [-0.4, -0.2) is 84.4 Å². The second-order valence-electron chi connectivity index (χ2n) is 11.7. The molecule has 0 radical (unpaired) electrons. The number of hydrogen-bond donors (Lipinski definition) is 3. The van der Waals surface area contributed by atoms with E-state index in [0.717, 1.165) is 0 Å². The van der Waals surface area contributed by atoms with Crippen molar-refractivity contribution in [2.75, 3.05) is 17.7 Å². The number of esters is 2. The summed E-state index contributed by atoms with van der Waals surface area (Å²) in [5, 5.41) is 16.8. The lowest BCUT2D eigenvalue weighted by Gasteiger charge is -2.49. The number of nitrogens with zero attached hydrogens (tertiary/aromatic N) is 4. The molecule has 0 bridgehead atoms. The van der Waals surface area contributed by atoms with E-state index in [1.807, 2.05) is 60.7 Å². The molecule has 1 fully saturated rings. The Morgan fingerprint density at radius 3 is 2.27 bits per heavy atom. The van der Waals surface area contributed by atoms with Gasteiger partial charge >= 0.3 is 18.0 Å². The molecule has 0 unspecified atom stereocenters. The van der Waals surface area contributed by atoms with Gasteiger partial charge in [-0.25, -0.2) is 9.59 Å². The molecule has 3 aromatic rings. The molecule has 3 heterocycles. The van der Waals surface area contributed by atoms with Gasteiger partial charge in [-0.2, -0.15) is 9.36 Å². The van der Waals surface area contributed by atoms with Gasteiger partial charge in [-0.1, -0.05) is 65.8 Å². The van der Waals surface area contributed by atoms with Gasteiger partial charge in [0, 0.05) is 29.8 Å². The molecule has 49 heavy (non-hydrogen) atoms. The summed E-state index contributed by atoms with van der Waals surface area (Å²) < 4.78 is 20.4. The molecule has 3 N–H and O–H groups in total. The molecule has 1 saturated heterocycles. The van der Waals surface area contributed by atoms with Crippen molar-refractivity contribution in [3.8, 4) is 0 Å². The highest BCUT2D eigenvalue weighted by Gasteiger charge is 2.55. The van der Waals surface area contributed by atoms with Gasteiger partial charge in [0.2, 0.25) is 16.7 Å². The summed E-state index contributed by atoms with van der Waals surface area (Å²) >= 11 is 1.95. The van der Waals surface area contributed by atoms with E-state index in [1.165, 1.54) is 23.6 Å². The van der Waals surface area contributed by atoms with Crippen LogP contribution in [0.2, 0.25) is 0 Å². The lowest BCUT2D eigenvalue weighted by atomic mass is 10.0. The Labute approximate surface area is 288 Å². The number of hydrogen-bond acceptors (Lipinski definition) is 14. The number of thioether (sulfide) groups is 1. The minimum Gasteiger partial charge on any atom is -0.461 e. The lowest BCUT2D eigenvalue weighted by molar-refractivity contribution is -0.154. The summed E-state index contributed by atoms with van der Waals surface area (Å²) in [4.78, 5) is 69.7. The van der Waals surface area contributed by atoms with Crippen molar-refractivity contribution in [1.29, 1.82) is 0 Å². The van der Waals surface area contributed by atoms with Gasteiger partial charge in [-0.15, -0.1) is 11.8 Å². The van der Waals surface area contributed by atoms with Crippen LogP contribution in [0.25, 0.3) is 0 Å². The van der Waals surface area contributed by atoms with E-state index in [0.29, 0.717) is 28.2 Å². The average Bonchev–Trinajstić information content (AvgIpc) is 3.52. The number of benzene rings is 2. The Bertz CT molecular complexity index is 1770. The Morgan fingerprint density at radius 1 is 1.06 bits per heavy atom. The minimum absolute atomic E-state index is 0.0233. The number of amides is 3. The van der Waals surface area contributed by atoms with Gasteiger partial charge in [0.25, 0.3) is 11.8 Å². The van der Waals surface area contributed by atoms with Gasteiger partial charge in [-0.3, -0.25) is 24.6 Å². The molecule has 2 atom stereocenters. The first-order valence-electron chi connectivity index (χ1n) is 14.8. The van der Waals surface area contributed by atoms with Crippen molar-refractivity contribution in [2.45, 2.75) is 50.8 Å². The summed E-state index contributed by atoms with van der Waals surface area (Å²) in [7, 11) is 0. The molecule has 0 aliphatic carbocycles. The van der Waals surface area contributed by atoms with Crippen molar-refractivity contribution >= 4 is 64.0 Å². The first-order valence-corrected chi connectivity index (χ1v) is 16.7. The predicted molar refractivity (Wildman–Crippen MR) is 178 cm³/mol. The number of β-lactam (4-membered cyclic amide) rings is 1. The number of aromatic nitrogens is 2. The Balaban J connectivity index is 1.34. The van der Waals surface area contributed by atoms with Crippen LogP contribution in [-0.2, 0) is 33.4 Å². The van der Waals surface area contributed by atoms with E-state index in [9.17, 15) is 29.2 Å². The Hall–Kier alpha value is -5.29. The van der Waals surface area contributed by atoms with E-state index in [1.54, 1.807) is 20.8 Å². The van der Waals surface area contributed by atoms with Gasteiger partial charge in [0.15, 0.2) is 6.10 Å². The molecule has 0 saturated carbocycles. The molecule has 0 spiro atoms. The first-order chi connectivity index (χ1) is 23.4. The third-order valence-corrected chi connectivity index (χ3v) is 8.94. The molecule has 5 rings (SSSR count). The highest BCUT2D eigenvalue weighted by atomic mass is 32.2. The van der Waals surface area contributed by atoms with Crippen LogP contribution >= 0.6 is 23.3 Å². The number of ether oxygens (including phenoxy) is 3. The quantitative estimate of drug-likeness (QED) is 0.0692. The van der Waals surface area contributed by atoms with Gasteiger partial charge < -0.3 is 24.7 Å². The fourth-order valence-corrected chi connectivity index (χ4v) is 6.76. The molecule has 256 valence electrons. The fraction of sp³-hybridized carbons (Fsp3) is 0.312. The number of nitrogens with one attached hydrogen (secondary N) is 2. The van der Waals surface area contributed by atoms with Gasteiger partial charge in [0.05, 0.1) is 0 Å². The Morgan fingerprint density at radius 2 is 1.69 bits per heavy atom. The zero-order chi connectivity index (χ0) is 35.3. The maximum absolute atomic E-state index is 14.0. The monoisotopic (exact) mass is 708 g/mol. The third kappa shape index (κ3) is 8.24. The zero-order valence-corrected chi connectivity index (χ0v) is 28.4. The average molecular weight is 709 g/mol. The van der Waals surface area contributed by atoms with Crippen LogP contribution in [0.5, 0.6) is 0 Å². The molecule has 3 amide bonds. The largest absolute Gasteiger partial charge is 0.461 e. The molecule has 2 aromatic carbocycles. The third-order valence-electron chi connectivity index (χ3n) is 6.97. The lowest BCUT2D eigenvalue weighted by Crippen LogP contribution is -2.71. The number of rotatable bonds is 10. The van der Waals surface area contributed by atoms with E-state index in [4.69, 9.17) is 14.2 Å². The molecular formula is C32H32N6O9S2. The summed E-state index contributed by atoms with van der Waals surface area (Å²) in [6, 6.07) is 17.0. The van der Waals surface area contributed by atoms with E-state index in [2.05, 4.69) is 25.1 Å². The minimum atomic E-state index is -1.13. The maximum Gasteiger partial charge on any atom is 0.414 e. The van der Waals surface area contributed by atoms with Crippen LogP contribution in [0.3, 0.4) is 0 Å². The van der Waals surface area contributed by atoms with Crippen LogP contribution in [0, 0.1) is 0 Å². The number of fused-ring (bicyclic) bond motifs is 1. The second-order valence-corrected chi connectivity index (χ2v) is 13.6. The first kappa shape index (κ1) is 35.0. The predicted octanol–water partition coefficient (Wildman–Crippen LogP) is 3.61. The van der Waals surface area contributed by atoms with Crippen molar-refractivity contribution in [3.63, 3.8) is 0 Å². The van der Waals surface area contributed by atoms with Crippen LogP contribution < -0.4 is 10.6 Å². The van der Waals surface area contributed by atoms with Crippen molar-refractivity contribution in [1.82, 2.24) is 19.6 Å². The molecular weight excluding hydrogens is 677 g/mol. The normalized spacial score (nSPS) is 17.5. The molecule has 2 aliphatic rings. The second kappa shape index (κ2) is 14.9. The van der Waals surface area contributed by atoms with E-state index in [-0.39, 0.29) is 29.0 Å². The summed E-state index contributed by atoms with van der Waals surface area (Å²) in [5.74, 6) is -3.16. The van der Waals surface area contributed by atoms with Crippen molar-refractivity contribution < 1.29 is 43.4 Å². The SMILES string of the molecule is CC(=O)OCC1=C(C(=O)OC(c2ccccc2)c2ccccc2)N2C(=O)[C@@H](NC(=O)C(=NO)c3nsc(NC(=O)OC(C)(C)C)n3)[C@H]2SC1. The van der Waals surface area contributed by atoms with E-state index >= 15 is 0 Å². The summed E-state index contributed by atoms with van der Waals surface area (Å²) in [5.41, 5.74) is 0.276. The van der Waals surface area contributed by atoms with Gasteiger partial charge in [0.1, 0.15) is 29.3 Å². The summed E-state index contributed by atoms with van der Waals surface area (Å²) in [6.45, 7) is 6.02. The number of anilines is 1. The molecule has 2 aliphatic heterocycles. The molecule has 17 heteroatoms. The highest BCUT2D eigenvalue weighted by molar-refractivity contribution is 8.00. The zero-order valence-electron chi connectivity index (χ0n) is 26.7. The molecule has 1 aromatic heterocycles. The van der Waals surface area contributed by atoms with Gasteiger partial charge in [-0.05, 0) is 31.9 Å². The van der Waals surface area contributed by atoms with Crippen LogP contribution in [0.1, 0.15) is 50.8 Å². The molecule has 15 nitrogen and oxygen atoms in total. The summed E-state index contributed by atoms with van der Waals surface area (Å²) in [6.07, 6.45) is -1.62. The van der Waals surface area contributed by atoms with Crippen LogP contribution in [0.4, 0.5) is 9.93 Å². The standard InChI is InChI=1S/C32H32N6O9S2/c1-17(39)45-15-20-16-48-28-22(33-26(40)21(36-44)25-34-30(49-37-25)35-31(43)47-32(2,3)4)27(41)38(28)23(20)29(42)46-24(18-11-7-5-8-12-18)19-13-9-6-10-14-19/h5-14,22,24,28,44H,15-16H2,1-4H3,(H,33,40)(H,34,35,37,43)/t22-,28-/m1/s1. The smallest absolute Gasteiger partial charge is 0.414 e. The van der Waals surface area contributed by atoms with Crippen molar-refractivity contribution in [3.05, 3.63) is 88.9 Å². The Kier molecular flexibility index (Phi) is 10.6. The number of oxime groups is 1. The van der Waals surface area contributed by atoms with Crippen LogP contribution in [0.15, 0.2) is 77.1 Å². The van der Waals surface area contributed by atoms with Crippen molar-refractivity contribution in [2.24, 2.45) is 5.16 Å². The number of carbonyl (C=O) groups is 5.